The van der Waals surface area contributed by atoms with Gasteiger partial charge in [-0.15, -0.1) is 0 Å². The lowest BCUT2D eigenvalue weighted by atomic mass is 9.95. The van der Waals surface area contributed by atoms with E-state index < -0.39 is 6.04 Å². The first-order valence-electron chi connectivity index (χ1n) is 9.18. The van der Waals surface area contributed by atoms with Gasteiger partial charge in [0.15, 0.2) is 0 Å². The van der Waals surface area contributed by atoms with Crippen molar-refractivity contribution in [1.29, 1.82) is 0 Å². The van der Waals surface area contributed by atoms with Crippen molar-refractivity contribution in [3.8, 4) is 0 Å². The molecule has 1 atom stereocenters. The summed E-state index contributed by atoms with van der Waals surface area (Å²) < 4.78 is 0. The second-order valence-corrected chi connectivity index (χ2v) is 6.76. The number of aryl methyl sites for hydroxylation is 1. The summed E-state index contributed by atoms with van der Waals surface area (Å²) in [6.45, 7) is 2.10. The van der Waals surface area contributed by atoms with E-state index in [9.17, 15) is 9.59 Å². The molecule has 0 aromatic heterocycles. The van der Waals surface area contributed by atoms with Crippen LogP contribution in [0.3, 0.4) is 0 Å². The van der Waals surface area contributed by atoms with Crippen molar-refractivity contribution in [1.82, 2.24) is 10.6 Å². The van der Waals surface area contributed by atoms with Crippen LogP contribution in [-0.2, 0) is 16.0 Å². The van der Waals surface area contributed by atoms with Crippen LogP contribution in [0, 0.1) is 0 Å². The van der Waals surface area contributed by atoms with Gasteiger partial charge >= 0.3 is 0 Å². The molecule has 1 aromatic rings. The Morgan fingerprint density at radius 1 is 1.20 bits per heavy atom. The first-order chi connectivity index (χ1) is 12.1. The molecular weight excluding hydrogens is 316 g/mol. The molecule has 1 heterocycles. The van der Waals surface area contributed by atoms with Crippen molar-refractivity contribution in [3.63, 3.8) is 0 Å². The number of anilines is 1. The van der Waals surface area contributed by atoms with E-state index in [1.54, 1.807) is 0 Å². The van der Waals surface area contributed by atoms with E-state index in [2.05, 4.69) is 27.9 Å². The molecule has 1 aromatic carbocycles. The van der Waals surface area contributed by atoms with E-state index in [1.807, 2.05) is 24.3 Å². The quantitative estimate of drug-likeness (QED) is 0.768. The molecule has 0 spiro atoms. The molecule has 25 heavy (non-hydrogen) atoms. The number of hydrogen-bond acceptors (Lipinski definition) is 4. The van der Waals surface area contributed by atoms with E-state index in [0.717, 1.165) is 37.8 Å². The Morgan fingerprint density at radius 3 is 2.60 bits per heavy atom. The minimum Gasteiger partial charge on any atom is -0.353 e. The van der Waals surface area contributed by atoms with Crippen molar-refractivity contribution in [3.05, 3.63) is 29.8 Å². The van der Waals surface area contributed by atoms with Gasteiger partial charge in [-0.25, -0.2) is 4.99 Å². The highest BCUT2D eigenvalue weighted by molar-refractivity contribution is 6.11. The fourth-order valence-electron chi connectivity index (χ4n) is 3.32. The van der Waals surface area contributed by atoms with E-state index in [0.29, 0.717) is 5.96 Å². The van der Waals surface area contributed by atoms with Crippen LogP contribution in [0.15, 0.2) is 29.3 Å². The zero-order valence-electron chi connectivity index (χ0n) is 14.7. The predicted octanol–water partition coefficient (Wildman–Crippen LogP) is 2.35. The molecule has 0 unspecified atom stereocenters. The van der Waals surface area contributed by atoms with Crippen LogP contribution in [0.2, 0.25) is 0 Å². The third-order valence-electron chi connectivity index (χ3n) is 4.80. The maximum Gasteiger partial charge on any atom is 0.252 e. The largest absolute Gasteiger partial charge is 0.353 e. The maximum absolute atomic E-state index is 12.2. The number of guanidine groups is 1. The normalized spacial score (nSPS) is 20.8. The van der Waals surface area contributed by atoms with E-state index in [1.165, 1.54) is 12.0 Å². The Balaban J connectivity index is 1.53. The van der Waals surface area contributed by atoms with Gasteiger partial charge in [0.05, 0.1) is 6.42 Å². The average molecular weight is 342 g/mol. The molecule has 6 heteroatoms. The van der Waals surface area contributed by atoms with Crippen LogP contribution >= 0.6 is 0 Å². The summed E-state index contributed by atoms with van der Waals surface area (Å²) in [5.74, 6) is 0.0838. The summed E-state index contributed by atoms with van der Waals surface area (Å²) in [6.07, 6.45) is 6.73. The van der Waals surface area contributed by atoms with E-state index >= 15 is 0 Å². The van der Waals surface area contributed by atoms with Gasteiger partial charge in [0.25, 0.3) is 5.91 Å². The van der Waals surface area contributed by atoms with Gasteiger partial charge in [0, 0.05) is 11.7 Å². The first-order valence-corrected chi connectivity index (χ1v) is 9.18. The lowest BCUT2D eigenvalue weighted by Crippen LogP contribution is -2.39. The topological polar surface area (TPSA) is 82.6 Å². The maximum atomic E-state index is 12.2. The second-order valence-electron chi connectivity index (χ2n) is 6.76. The molecular formula is C19H26N4O2. The number of amides is 2. The summed E-state index contributed by atoms with van der Waals surface area (Å²) in [4.78, 5) is 28.5. The highest BCUT2D eigenvalue weighted by atomic mass is 16.2. The lowest BCUT2D eigenvalue weighted by Gasteiger charge is -2.22. The molecule has 1 aliphatic carbocycles. The van der Waals surface area contributed by atoms with Crippen LogP contribution in [0.1, 0.15) is 51.0 Å². The minimum absolute atomic E-state index is 0.0932. The monoisotopic (exact) mass is 342 g/mol. The number of benzene rings is 1. The fraction of sp³-hybridized carbons (Fsp3) is 0.526. The van der Waals surface area contributed by atoms with Gasteiger partial charge in [0.1, 0.15) is 6.04 Å². The molecule has 2 amide bonds. The number of carbonyl (C=O) groups excluding carboxylic acids is 2. The number of aliphatic imine (C=N–C) groups is 1. The van der Waals surface area contributed by atoms with Crippen LogP contribution in [0.4, 0.5) is 5.69 Å². The van der Waals surface area contributed by atoms with Crippen LogP contribution < -0.4 is 16.0 Å². The molecule has 0 radical (unpaired) electrons. The number of nitrogens with zero attached hydrogens (tertiary/aromatic N) is 1. The van der Waals surface area contributed by atoms with Crippen molar-refractivity contribution in [2.75, 3.05) is 5.32 Å². The summed E-state index contributed by atoms with van der Waals surface area (Å²) >= 11 is 0. The van der Waals surface area contributed by atoms with E-state index in [4.69, 9.17) is 0 Å². The molecule has 3 N–H and O–H groups in total. The molecule has 3 rings (SSSR count). The lowest BCUT2D eigenvalue weighted by molar-refractivity contribution is -0.126. The highest BCUT2D eigenvalue weighted by Gasteiger charge is 2.29. The smallest absolute Gasteiger partial charge is 0.252 e. The van der Waals surface area contributed by atoms with Gasteiger partial charge in [-0.2, -0.15) is 0 Å². The summed E-state index contributed by atoms with van der Waals surface area (Å²) in [5, 5.41) is 8.84. The first kappa shape index (κ1) is 17.5. The third kappa shape index (κ3) is 4.81. The standard InChI is InChI=1S/C19H26N4O2/c1-2-13-8-10-15(11-9-13)21-19-22-16(18(25)23-19)12-17(24)20-14-6-4-3-5-7-14/h8-11,14,16H,2-7,12H2,1H3,(H,20,24)(H2,21,22,23,25)/t16-/m1/s1. The Kier molecular flexibility index (Phi) is 5.68. The number of carbonyl (C=O) groups is 2. The zero-order valence-corrected chi connectivity index (χ0v) is 14.7. The molecule has 1 saturated carbocycles. The van der Waals surface area contributed by atoms with Crippen molar-refractivity contribution in [2.45, 2.75) is 64.0 Å². The van der Waals surface area contributed by atoms with Gasteiger partial charge in [-0.3, -0.25) is 14.9 Å². The zero-order chi connectivity index (χ0) is 17.6. The molecule has 0 bridgehead atoms. The average Bonchev–Trinajstić information content (AvgIpc) is 2.95. The SMILES string of the molecule is CCc1ccc(NC2=N[C@H](CC(=O)NC3CCCCC3)C(=O)N2)cc1. The van der Waals surface area contributed by atoms with E-state index in [-0.39, 0.29) is 24.3 Å². The summed E-state index contributed by atoms with van der Waals surface area (Å²) in [5.41, 5.74) is 2.11. The molecule has 134 valence electrons. The number of rotatable bonds is 5. The van der Waals surface area contributed by atoms with Crippen LogP contribution in [-0.4, -0.2) is 29.9 Å². The van der Waals surface area contributed by atoms with Gasteiger partial charge in [-0.1, -0.05) is 38.3 Å². The highest BCUT2D eigenvalue weighted by Crippen LogP contribution is 2.18. The molecule has 6 nitrogen and oxygen atoms in total. The summed E-state index contributed by atoms with van der Waals surface area (Å²) in [6, 6.07) is 7.59. The third-order valence-corrected chi connectivity index (χ3v) is 4.80. The predicted molar refractivity (Wildman–Crippen MR) is 98.4 cm³/mol. The fourth-order valence-corrected chi connectivity index (χ4v) is 3.32. The van der Waals surface area contributed by atoms with Gasteiger partial charge in [-0.05, 0) is 37.0 Å². The molecule has 0 saturated heterocycles. The molecule has 1 fully saturated rings. The molecule has 2 aliphatic rings. The Morgan fingerprint density at radius 2 is 1.92 bits per heavy atom. The van der Waals surface area contributed by atoms with Gasteiger partial charge < -0.3 is 10.6 Å². The van der Waals surface area contributed by atoms with Gasteiger partial charge in [0.2, 0.25) is 11.9 Å². The van der Waals surface area contributed by atoms with Crippen molar-refractivity contribution < 1.29 is 9.59 Å². The Bertz CT molecular complexity index is 648. The second kappa shape index (κ2) is 8.14. The van der Waals surface area contributed by atoms with Crippen LogP contribution in [0.5, 0.6) is 0 Å². The Hall–Kier alpha value is -2.37. The minimum atomic E-state index is -0.652. The van der Waals surface area contributed by atoms with Crippen molar-refractivity contribution >= 4 is 23.5 Å². The van der Waals surface area contributed by atoms with Crippen molar-refractivity contribution in [2.24, 2.45) is 4.99 Å². The number of hydrogen-bond donors (Lipinski definition) is 3. The molecule has 1 aliphatic heterocycles. The summed E-state index contributed by atoms with van der Waals surface area (Å²) in [7, 11) is 0. The number of nitrogens with one attached hydrogen (secondary N) is 3. The Labute approximate surface area is 148 Å². The van der Waals surface area contributed by atoms with Crippen LogP contribution in [0.25, 0.3) is 0 Å².